The van der Waals surface area contributed by atoms with E-state index in [1.165, 1.54) is 23.5 Å². The number of carbonyl (C=O) groups is 4. The molecule has 11 heteroatoms. The van der Waals surface area contributed by atoms with Crippen molar-refractivity contribution in [3.63, 3.8) is 0 Å². The third-order valence-corrected chi connectivity index (χ3v) is 9.36. The van der Waals surface area contributed by atoms with E-state index in [9.17, 15) is 19.2 Å². The molecule has 0 spiro atoms. The highest BCUT2D eigenvalue weighted by Crippen LogP contribution is 2.26. The molecular formula is C35H44N4O5S2. The molecule has 4 unspecified atom stereocenters. The van der Waals surface area contributed by atoms with Crippen LogP contribution < -0.4 is 20.7 Å². The Balaban J connectivity index is 1.46. The Labute approximate surface area is 280 Å². The smallest absolute Gasteiger partial charge is 0.258 e. The molecule has 3 aromatic rings. The molecule has 1 aliphatic heterocycles. The summed E-state index contributed by atoms with van der Waals surface area (Å²) in [6.07, 6.45) is 2.27. The molecule has 0 bridgehead atoms. The van der Waals surface area contributed by atoms with Crippen molar-refractivity contribution in [1.29, 1.82) is 0 Å². The van der Waals surface area contributed by atoms with E-state index in [2.05, 4.69) is 16.0 Å². The molecular weight excluding hydrogens is 621 g/mol. The first-order valence-corrected chi connectivity index (χ1v) is 17.9. The highest BCUT2D eigenvalue weighted by Gasteiger charge is 2.40. The van der Waals surface area contributed by atoms with Gasteiger partial charge in [0.15, 0.2) is 6.61 Å². The lowest BCUT2D eigenvalue weighted by atomic mass is 9.93. The van der Waals surface area contributed by atoms with Crippen LogP contribution >= 0.6 is 23.5 Å². The highest BCUT2D eigenvalue weighted by atomic mass is 32.2. The number of hydrogen-bond donors (Lipinski definition) is 3. The summed E-state index contributed by atoms with van der Waals surface area (Å²) >= 11 is 2.97. The Bertz CT molecular complexity index is 1510. The largest absolute Gasteiger partial charge is 0.483 e. The minimum absolute atomic E-state index is 0.185. The maximum atomic E-state index is 13.9. The lowest BCUT2D eigenvalue weighted by Crippen LogP contribution is -2.57. The van der Waals surface area contributed by atoms with E-state index in [-0.39, 0.29) is 24.3 Å². The summed E-state index contributed by atoms with van der Waals surface area (Å²) < 4.78 is 5.85. The summed E-state index contributed by atoms with van der Waals surface area (Å²) in [6, 6.07) is 21.1. The molecule has 0 radical (unpaired) electrons. The summed E-state index contributed by atoms with van der Waals surface area (Å²) in [6.45, 7) is 7.27. The van der Waals surface area contributed by atoms with Crippen molar-refractivity contribution in [2.45, 2.75) is 57.8 Å². The number of fused-ring (bicyclic) bond motifs is 1. The molecule has 3 aromatic carbocycles. The van der Waals surface area contributed by atoms with Crippen molar-refractivity contribution in [3.8, 4) is 5.75 Å². The fourth-order valence-corrected chi connectivity index (χ4v) is 7.05. The van der Waals surface area contributed by atoms with Crippen molar-refractivity contribution in [3.05, 3.63) is 78.4 Å². The maximum Gasteiger partial charge on any atom is 0.258 e. The number of amides is 4. The molecule has 1 fully saturated rings. The predicted molar refractivity (Wildman–Crippen MR) is 187 cm³/mol. The number of rotatable bonds is 13. The van der Waals surface area contributed by atoms with Gasteiger partial charge in [-0.15, -0.1) is 11.8 Å². The van der Waals surface area contributed by atoms with Crippen LogP contribution in [-0.2, 0) is 25.6 Å². The van der Waals surface area contributed by atoms with Gasteiger partial charge in [0.1, 0.15) is 17.8 Å². The van der Waals surface area contributed by atoms with E-state index in [4.69, 9.17) is 4.74 Å². The molecule has 1 aliphatic rings. The third kappa shape index (κ3) is 9.65. The predicted octanol–water partition coefficient (Wildman–Crippen LogP) is 4.25. The first kappa shape index (κ1) is 35.2. The normalized spacial score (nSPS) is 16.7. The molecule has 0 saturated carbocycles. The molecule has 4 rings (SSSR count). The van der Waals surface area contributed by atoms with Crippen LogP contribution in [0.2, 0.25) is 0 Å². The lowest BCUT2D eigenvalue weighted by molar-refractivity contribution is -0.142. The second-order valence-electron chi connectivity index (χ2n) is 12.5. The molecule has 46 heavy (non-hydrogen) atoms. The van der Waals surface area contributed by atoms with Crippen LogP contribution in [0.5, 0.6) is 5.75 Å². The van der Waals surface area contributed by atoms with Gasteiger partial charge < -0.3 is 25.6 Å². The molecule has 246 valence electrons. The summed E-state index contributed by atoms with van der Waals surface area (Å²) in [5.74, 6) is 0.0163. The fourth-order valence-electron chi connectivity index (χ4n) is 5.32. The van der Waals surface area contributed by atoms with E-state index in [0.717, 1.165) is 16.3 Å². The number of hydrogen-bond acceptors (Lipinski definition) is 7. The van der Waals surface area contributed by atoms with Gasteiger partial charge in [-0.25, -0.2) is 0 Å². The van der Waals surface area contributed by atoms with Crippen LogP contribution in [0, 0.1) is 5.92 Å². The molecule has 1 saturated heterocycles. The van der Waals surface area contributed by atoms with Gasteiger partial charge in [-0.3, -0.25) is 19.2 Å². The first-order valence-electron chi connectivity index (χ1n) is 15.4. The van der Waals surface area contributed by atoms with Crippen molar-refractivity contribution < 1.29 is 23.9 Å². The van der Waals surface area contributed by atoms with Crippen LogP contribution in [-0.4, -0.2) is 82.4 Å². The zero-order valence-electron chi connectivity index (χ0n) is 27.1. The third-order valence-electron chi connectivity index (χ3n) is 7.68. The maximum absolute atomic E-state index is 13.9. The minimum atomic E-state index is -0.841. The van der Waals surface area contributed by atoms with Gasteiger partial charge in [-0.1, -0.05) is 73.7 Å². The molecule has 1 heterocycles. The van der Waals surface area contributed by atoms with Gasteiger partial charge in [-0.2, -0.15) is 11.8 Å². The van der Waals surface area contributed by atoms with E-state index < -0.39 is 35.5 Å². The zero-order chi connectivity index (χ0) is 33.3. The molecule has 4 atom stereocenters. The topological polar surface area (TPSA) is 117 Å². The summed E-state index contributed by atoms with van der Waals surface area (Å²) in [7, 11) is 0. The van der Waals surface area contributed by atoms with Gasteiger partial charge in [0.25, 0.3) is 5.91 Å². The average molecular weight is 665 g/mol. The Kier molecular flexibility index (Phi) is 12.4. The number of benzene rings is 3. The number of ether oxygens (including phenoxy) is 1. The van der Waals surface area contributed by atoms with Crippen LogP contribution in [0.15, 0.2) is 72.8 Å². The number of nitrogens with one attached hydrogen (secondary N) is 3. The molecule has 9 nitrogen and oxygen atoms in total. The van der Waals surface area contributed by atoms with E-state index in [0.29, 0.717) is 29.6 Å². The van der Waals surface area contributed by atoms with Crippen LogP contribution in [0.3, 0.4) is 0 Å². The Hall–Kier alpha value is -3.70. The van der Waals surface area contributed by atoms with Gasteiger partial charge in [-0.05, 0) is 50.5 Å². The average Bonchev–Trinajstić information content (AvgIpc) is 3.53. The molecule has 3 N–H and O–H groups in total. The monoisotopic (exact) mass is 664 g/mol. The fraction of sp³-hybridized carbons (Fsp3) is 0.429. The Morgan fingerprint density at radius 1 is 0.978 bits per heavy atom. The van der Waals surface area contributed by atoms with E-state index >= 15 is 0 Å². The van der Waals surface area contributed by atoms with Crippen LogP contribution in [0.25, 0.3) is 10.8 Å². The van der Waals surface area contributed by atoms with E-state index in [1.54, 1.807) is 11.8 Å². The molecule has 0 aromatic heterocycles. The van der Waals surface area contributed by atoms with Crippen molar-refractivity contribution in [2.75, 3.05) is 30.2 Å². The molecule has 0 aliphatic carbocycles. The number of nitrogens with zero attached hydrogens (tertiary/aromatic N) is 1. The van der Waals surface area contributed by atoms with Crippen LogP contribution in [0.1, 0.15) is 33.3 Å². The SMILES string of the molecule is CSCC(NC(=O)COc1cccc2ccccc12)C(=O)NC(Cc1ccccc1)C(C)C(=O)N1CSCC1C(=O)NC(C)(C)C. The highest BCUT2D eigenvalue weighted by molar-refractivity contribution is 7.99. The Morgan fingerprint density at radius 3 is 2.39 bits per heavy atom. The van der Waals surface area contributed by atoms with Crippen molar-refractivity contribution >= 4 is 57.9 Å². The summed E-state index contributed by atoms with van der Waals surface area (Å²) in [4.78, 5) is 55.3. The summed E-state index contributed by atoms with van der Waals surface area (Å²) in [5.41, 5.74) is 0.532. The van der Waals surface area contributed by atoms with Crippen molar-refractivity contribution in [1.82, 2.24) is 20.9 Å². The second-order valence-corrected chi connectivity index (χ2v) is 14.4. The number of carbonyl (C=O) groups excluding carboxylic acids is 4. The minimum Gasteiger partial charge on any atom is -0.483 e. The molecule has 4 amide bonds. The van der Waals surface area contributed by atoms with E-state index in [1.807, 2.05) is 99.8 Å². The standard InChI is InChI=1S/C35H44N4O5S2/c1-23(34(43)39-22-46-21-29(39)33(42)38-35(2,3)4)27(18-24-12-7-6-8-13-24)37-32(41)28(20-45-5)36-31(40)19-44-30-17-11-15-25-14-9-10-16-26(25)30/h6-17,23,27-29H,18-22H2,1-5H3,(H,36,40)(H,37,41)(H,38,42). The van der Waals surface area contributed by atoms with Gasteiger partial charge in [0.2, 0.25) is 17.7 Å². The van der Waals surface area contributed by atoms with Crippen molar-refractivity contribution in [2.24, 2.45) is 5.92 Å². The second kappa shape index (κ2) is 16.2. The van der Waals surface area contributed by atoms with Crippen LogP contribution in [0.4, 0.5) is 0 Å². The quantitative estimate of drug-likeness (QED) is 0.250. The first-order chi connectivity index (χ1) is 22.0. The van der Waals surface area contributed by atoms with Gasteiger partial charge in [0.05, 0.1) is 11.8 Å². The van der Waals surface area contributed by atoms with Gasteiger partial charge >= 0.3 is 0 Å². The lowest BCUT2D eigenvalue weighted by Gasteiger charge is -2.32. The Morgan fingerprint density at radius 2 is 1.67 bits per heavy atom. The summed E-state index contributed by atoms with van der Waals surface area (Å²) in [5, 5.41) is 10.8. The zero-order valence-corrected chi connectivity index (χ0v) is 28.7. The number of thioether (sulfide) groups is 2. The van der Waals surface area contributed by atoms with Gasteiger partial charge in [0, 0.05) is 28.5 Å².